The number of carbonyl (C=O) groups excluding carboxylic acids is 1. The number of rotatable bonds is 8. The molecule has 0 spiro atoms. The highest BCUT2D eigenvalue weighted by Gasteiger charge is 2.34. The number of aliphatic hydroxyl groups is 1. The monoisotopic (exact) mass is 309 g/mol. The number of hydrogen-bond donors (Lipinski definition) is 3. The van der Waals surface area contributed by atoms with Gasteiger partial charge < -0.3 is 20.2 Å². The maximum atomic E-state index is 11.9. The molecule has 1 heterocycles. The van der Waals surface area contributed by atoms with Gasteiger partial charge in [0.2, 0.25) is 0 Å². The summed E-state index contributed by atoms with van der Waals surface area (Å²) in [6.07, 6.45) is 4.21. The number of nitrogens with zero attached hydrogens (tertiary/aromatic N) is 1. The second-order valence-corrected chi connectivity index (χ2v) is 5.89. The SMILES string of the molecule is CCN(CC)C(CNC(=O)NCC1(O)CCC1)c1ccco1. The minimum absolute atomic E-state index is 0.0162. The van der Waals surface area contributed by atoms with Gasteiger partial charge in [-0.15, -0.1) is 0 Å². The van der Waals surface area contributed by atoms with Crippen molar-refractivity contribution in [3.8, 4) is 0 Å². The first kappa shape index (κ1) is 16.8. The van der Waals surface area contributed by atoms with E-state index in [2.05, 4.69) is 29.4 Å². The molecule has 124 valence electrons. The molecule has 3 N–H and O–H groups in total. The highest BCUT2D eigenvalue weighted by Crippen LogP contribution is 2.30. The number of carbonyl (C=O) groups is 1. The van der Waals surface area contributed by atoms with Gasteiger partial charge in [0, 0.05) is 13.1 Å². The zero-order chi connectivity index (χ0) is 16.0. The van der Waals surface area contributed by atoms with E-state index in [1.165, 1.54) is 0 Å². The van der Waals surface area contributed by atoms with Crippen LogP contribution in [0.3, 0.4) is 0 Å². The van der Waals surface area contributed by atoms with E-state index in [1.54, 1.807) is 6.26 Å². The van der Waals surface area contributed by atoms with Crippen LogP contribution in [0.1, 0.15) is 44.9 Å². The molecule has 0 saturated heterocycles. The van der Waals surface area contributed by atoms with Crippen LogP contribution in [0.2, 0.25) is 0 Å². The molecule has 22 heavy (non-hydrogen) atoms. The normalized spacial score (nSPS) is 17.8. The fourth-order valence-corrected chi connectivity index (χ4v) is 2.81. The smallest absolute Gasteiger partial charge is 0.314 e. The van der Waals surface area contributed by atoms with E-state index in [0.29, 0.717) is 13.1 Å². The van der Waals surface area contributed by atoms with Crippen LogP contribution in [-0.2, 0) is 0 Å². The molecular weight excluding hydrogens is 282 g/mol. The Morgan fingerprint density at radius 3 is 2.64 bits per heavy atom. The lowest BCUT2D eigenvalue weighted by atomic mass is 9.80. The van der Waals surface area contributed by atoms with E-state index < -0.39 is 5.60 Å². The van der Waals surface area contributed by atoms with Crippen molar-refractivity contribution in [1.82, 2.24) is 15.5 Å². The van der Waals surface area contributed by atoms with Crippen molar-refractivity contribution in [2.75, 3.05) is 26.2 Å². The summed E-state index contributed by atoms with van der Waals surface area (Å²) in [7, 11) is 0. The van der Waals surface area contributed by atoms with Crippen molar-refractivity contribution in [2.24, 2.45) is 0 Å². The predicted molar refractivity (Wildman–Crippen MR) is 84.6 cm³/mol. The molecule has 0 radical (unpaired) electrons. The van der Waals surface area contributed by atoms with Crippen LogP contribution in [-0.4, -0.2) is 47.8 Å². The van der Waals surface area contributed by atoms with Gasteiger partial charge in [-0.2, -0.15) is 0 Å². The van der Waals surface area contributed by atoms with Crippen LogP contribution >= 0.6 is 0 Å². The van der Waals surface area contributed by atoms with Gasteiger partial charge in [-0.3, -0.25) is 4.90 Å². The van der Waals surface area contributed by atoms with E-state index in [-0.39, 0.29) is 12.1 Å². The molecular formula is C16H27N3O3. The average molecular weight is 309 g/mol. The predicted octanol–water partition coefficient (Wildman–Crippen LogP) is 1.88. The Bertz CT molecular complexity index is 453. The van der Waals surface area contributed by atoms with Crippen molar-refractivity contribution in [3.63, 3.8) is 0 Å². The number of urea groups is 1. The first-order valence-electron chi connectivity index (χ1n) is 8.09. The van der Waals surface area contributed by atoms with Gasteiger partial charge in [-0.05, 0) is 44.5 Å². The molecule has 0 bridgehead atoms. The van der Waals surface area contributed by atoms with E-state index in [1.807, 2.05) is 12.1 Å². The van der Waals surface area contributed by atoms with Gasteiger partial charge >= 0.3 is 6.03 Å². The molecule has 6 heteroatoms. The minimum atomic E-state index is -0.698. The Balaban J connectivity index is 1.83. The van der Waals surface area contributed by atoms with Crippen LogP contribution < -0.4 is 10.6 Å². The largest absolute Gasteiger partial charge is 0.468 e. The number of amides is 2. The zero-order valence-electron chi connectivity index (χ0n) is 13.5. The maximum Gasteiger partial charge on any atom is 0.314 e. The molecule has 1 saturated carbocycles. The molecule has 1 aromatic heterocycles. The summed E-state index contributed by atoms with van der Waals surface area (Å²) < 4.78 is 5.50. The Kier molecular flexibility index (Phi) is 5.85. The third kappa shape index (κ3) is 4.24. The quantitative estimate of drug-likeness (QED) is 0.685. The van der Waals surface area contributed by atoms with Crippen molar-refractivity contribution >= 4 is 6.03 Å². The van der Waals surface area contributed by atoms with Gasteiger partial charge in [0.1, 0.15) is 5.76 Å². The lowest BCUT2D eigenvalue weighted by Gasteiger charge is -2.36. The maximum absolute atomic E-state index is 11.9. The lowest BCUT2D eigenvalue weighted by molar-refractivity contribution is -0.0290. The van der Waals surface area contributed by atoms with Crippen LogP contribution in [0.5, 0.6) is 0 Å². The first-order valence-corrected chi connectivity index (χ1v) is 8.09. The fourth-order valence-electron chi connectivity index (χ4n) is 2.81. The van der Waals surface area contributed by atoms with Gasteiger partial charge in [0.15, 0.2) is 0 Å². The van der Waals surface area contributed by atoms with E-state index in [9.17, 15) is 9.90 Å². The van der Waals surface area contributed by atoms with Crippen LogP contribution in [0.4, 0.5) is 4.79 Å². The molecule has 1 atom stereocenters. The summed E-state index contributed by atoms with van der Waals surface area (Å²) in [6, 6.07) is 3.56. The molecule has 2 amide bonds. The van der Waals surface area contributed by atoms with Crippen molar-refractivity contribution < 1.29 is 14.3 Å². The van der Waals surface area contributed by atoms with E-state index in [4.69, 9.17) is 4.42 Å². The standard InChI is InChI=1S/C16H27N3O3/c1-3-19(4-2)13(14-7-5-10-22-14)11-17-15(20)18-12-16(21)8-6-9-16/h5,7,10,13,21H,3-4,6,8-9,11-12H2,1-2H3,(H2,17,18,20). The summed E-state index contributed by atoms with van der Waals surface area (Å²) in [5.41, 5.74) is -0.698. The Morgan fingerprint density at radius 2 is 2.14 bits per heavy atom. The van der Waals surface area contributed by atoms with Crippen molar-refractivity contribution in [2.45, 2.75) is 44.8 Å². The molecule has 1 aliphatic rings. The van der Waals surface area contributed by atoms with E-state index >= 15 is 0 Å². The van der Waals surface area contributed by atoms with Gasteiger partial charge in [-0.1, -0.05) is 13.8 Å². The summed E-state index contributed by atoms with van der Waals surface area (Å²) in [5.74, 6) is 0.849. The van der Waals surface area contributed by atoms with Crippen LogP contribution in [0, 0.1) is 0 Å². The van der Waals surface area contributed by atoms with Gasteiger partial charge in [-0.25, -0.2) is 4.79 Å². The van der Waals surface area contributed by atoms with Crippen molar-refractivity contribution in [3.05, 3.63) is 24.2 Å². The van der Waals surface area contributed by atoms with E-state index in [0.717, 1.165) is 38.1 Å². The summed E-state index contributed by atoms with van der Waals surface area (Å²) in [5, 5.41) is 15.6. The molecule has 1 aliphatic carbocycles. The molecule has 0 aliphatic heterocycles. The van der Waals surface area contributed by atoms with Crippen LogP contribution in [0.25, 0.3) is 0 Å². The minimum Gasteiger partial charge on any atom is -0.468 e. The first-order chi connectivity index (χ1) is 10.6. The number of likely N-dealkylation sites (N-methyl/N-ethyl adjacent to an activating group) is 1. The van der Waals surface area contributed by atoms with Gasteiger partial charge in [0.25, 0.3) is 0 Å². The topological polar surface area (TPSA) is 77.7 Å². The molecule has 2 rings (SSSR count). The van der Waals surface area contributed by atoms with Crippen LogP contribution in [0.15, 0.2) is 22.8 Å². The number of nitrogens with one attached hydrogen (secondary N) is 2. The zero-order valence-corrected chi connectivity index (χ0v) is 13.5. The average Bonchev–Trinajstić information content (AvgIpc) is 3.01. The summed E-state index contributed by atoms with van der Waals surface area (Å²) in [6.45, 7) is 6.72. The Hall–Kier alpha value is -1.53. The highest BCUT2D eigenvalue weighted by molar-refractivity contribution is 5.73. The highest BCUT2D eigenvalue weighted by atomic mass is 16.3. The lowest BCUT2D eigenvalue weighted by Crippen LogP contribution is -2.51. The fraction of sp³-hybridized carbons (Fsp3) is 0.688. The molecule has 1 aromatic rings. The summed E-state index contributed by atoms with van der Waals surface area (Å²) >= 11 is 0. The molecule has 6 nitrogen and oxygen atoms in total. The molecule has 1 fully saturated rings. The second kappa shape index (κ2) is 7.65. The summed E-state index contributed by atoms with van der Waals surface area (Å²) in [4.78, 5) is 14.2. The molecule has 0 aromatic carbocycles. The third-order valence-corrected chi connectivity index (χ3v) is 4.44. The second-order valence-electron chi connectivity index (χ2n) is 5.89. The third-order valence-electron chi connectivity index (χ3n) is 4.44. The Labute approximate surface area is 131 Å². The Morgan fingerprint density at radius 1 is 1.41 bits per heavy atom. The number of furan rings is 1. The van der Waals surface area contributed by atoms with Gasteiger partial charge in [0.05, 0.1) is 17.9 Å². The number of hydrogen-bond acceptors (Lipinski definition) is 4. The molecule has 1 unspecified atom stereocenters. The van der Waals surface area contributed by atoms with Crippen molar-refractivity contribution in [1.29, 1.82) is 0 Å².